The van der Waals surface area contributed by atoms with E-state index in [2.05, 4.69) is 4.18 Å². The minimum Gasteiger partial charge on any atom is -0.378 e. The third-order valence-electron chi connectivity index (χ3n) is 2.32. The molecule has 14 heteroatoms. The standard InChI is InChI=1S/C9H6F6O6S2/c10-7(11,8(12,13)22(16,17)18)9(14,15)23(19,20)21-6-4-2-1-3-5-6/h1-5H,(H,16,17,18). The third kappa shape index (κ3) is 3.10. The summed E-state index contributed by atoms with van der Waals surface area (Å²) in [4.78, 5) is 0. The lowest BCUT2D eigenvalue weighted by atomic mass is 10.3. The van der Waals surface area contributed by atoms with Crippen LogP contribution < -0.4 is 4.18 Å². The first kappa shape index (κ1) is 19.5. The van der Waals surface area contributed by atoms with Crippen LogP contribution in [-0.2, 0) is 20.2 Å². The van der Waals surface area contributed by atoms with Gasteiger partial charge in [-0.3, -0.25) is 4.55 Å². The molecule has 0 bridgehead atoms. The van der Waals surface area contributed by atoms with E-state index in [0.29, 0.717) is 0 Å². The van der Waals surface area contributed by atoms with Crippen molar-refractivity contribution in [3.8, 4) is 5.75 Å². The maximum Gasteiger partial charge on any atom is 0.450 e. The monoisotopic (exact) mass is 388 g/mol. The lowest BCUT2D eigenvalue weighted by Gasteiger charge is -2.29. The topological polar surface area (TPSA) is 97.7 Å². The van der Waals surface area contributed by atoms with Gasteiger partial charge in [-0.1, -0.05) is 18.2 Å². The van der Waals surface area contributed by atoms with Crippen molar-refractivity contribution in [1.82, 2.24) is 0 Å². The Morgan fingerprint density at radius 2 is 1.26 bits per heavy atom. The van der Waals surface area contributed by atoms with Crippen molar-refractivity contribution in [2.24, 2.45) is 0 Å². The van der Waals surface area contributed by atoms with Gasteiger partial charge in [0.15, 0.2) is 0 Å². The molecule has 132 valence electrons. The molecule has 23 heavy (non-hydrogen) atoms. The average molecular weight is 388 g/mol. The quantitative estimate of drug-likeness (QED) is 0.455. The van der Waals surface area contributed by atoms with Crippen molar-refractivity contribution >= 4 is 20.2 Å². The second kappa shape index (κ2) is 5.52. The van der Waals surface area contributed by atoms with Crippen LogP contribution in [0.5, 0.6) is 5.75 Å². The zero-order valence-electron chi connectivity index (χ0n) is 10.5. The fourth-order valence-corrected chi connectivity index (χ4v) is 2.57. The van der Waals surface area contributed by atoms with Gasteiger partial charge in [0.1, 0.15) is 5.75 Å². The smallest absolute Gasteiger partial charge is 0.378 e. The third-order valence-corrected chi connectivity index (χ3v) is 4.52. The number of benzene rings is 1. The SMILES string of the molecule is O=S(=O)(O)C(F)(F)C(F)(F)C(F)(F)S(=O)(=O)Oc1ccccc1. The van der Waals surface area contributed by atoms with Gasteiger partial charge in [-0.05, 0) is 12.1 Å². The van der Waals surface area contributed by atoms with Crippen LogP contribution in [0.2, 0.25) is 0 Å². The van der Waals surface area contributed by atoms with E-state index in [4.69, 9.17) is 4.55 Å². The molecule has 0 aromatic heterocycles. The Hall–Kier alpha value is -1.54. The average Bonchev–Trinajstić information content (AvgIpc) is 2.37. The van der Waals surface area contributed by atoms with Crippen LogP contribution in [0.15, 0.2) is 30.3 Å². The van der Waals surface area contributed by atoms with Crippen LogP contribution in [0.25, 0.3) is 0 Å². The Kier molecular flexibility index (Phi) is 4.68. The molecule has 1 aromatic rings. The molecule has 0 atom stereocenters. The molecule has 0 fully saturated rings. The van der Waals surface area contributed by atoms with Crippen LogP contribution >= 0.6 is 0 Å². The first-order valence-electron chi connectivity index (χ1n) is 5.17. The second-order valence-electron chi connectivity index (χ2n) is 3.93. The number of hydrogen-bond donors (Lipinski definition) is 1. The fraction of sp³-hybridized carbons (Fsp3) is 0.333. The van der Waals surface area contributed by atoms with Crippen molar-refractivity contribution in [3.05, 3.63) is 30.3 Å². The van der Waals surface area contributed by atoms with E-state index in [1.807, 2.05) is 0 Å². The van der Waals surface area contributed by atoms with Crippen molar-refractivity contribution < 1.29 is 51.9 Å². The minimum atomic E-state index is -7.06. The van der Waals surface area contributed by atoms with Crippen LogP contribution in [0, 0.1) is 0 Å². The maximum atomic E-state index is 13.4. The van der Waals surface area contributed by atoms with Gasteiger partial charge in [-0.25, -0.2) is 0 Å². The van der Waals surface area contributed by atoms with E-state index in [-0.39, 0.29) is 0 Å². The number of halogens is 6. The molecule has 0 heterocycles. The van der Waals surface area contributed by atoms with Crippen LogP contribution in [0.1, 0.15) is 0 Å². The summed E-state index contributed by atoms with van der Waals surface area (Å²) in [6, 6.07) is 4.82. The predicted molar refractivity (Wildman–Crippen MR) is 62.4 cm³/mol. The Morgan fingerprint density at radius 3 is 1.65 bits per heavy atom. The summed E-state index contributed by atoms with van der Waals surface area (Å²) < 4.78 is 133. The van der Waals surface area contributed by atoms with Crippen molar-refractivity contribution in [2.45, 2.75) is 16.4 Å². The molecule has 0 aliphatic heterocycles. The lowest BCUT2D eigenvalue weighted by Crippen LogP contribution is -2.61. The largest absolute Gasteiger partial charge is 0.450 e. The molecular formula is C9H6F6O6S2. The van der Waals surface area contributed by atoms with Gasteiger partial charge in [-0.15, -0.1) is 0 Å². The summed E-state index contributed by atoms with van der Waals surface area (Å²) >= 11 is 0. The summed E-state index contributed by atoms with van der Waals surface area (Å²) in [5.74, 6) is -7.94. The number of hydrogen-bond acceptors (Lipinski definition) is 5. The van der Waals surface area contributed by atoms with Gasteiger partial charge >= 0.3 is 36.7 Å². The zero-order valence-corrected chi connectivity index (χ0v) is 12.1. The van der Waals surface area contributed by atoms with Gasteiger partial charge in [0, 0.05) is 0 Å². The van der Waals surface area contributed by atoms with E-state index in [1.165, 1.54) is 6.07 Å². The summed E-state index contributed by atoms with van der Waals surface area (Å²) in [6.45, 7) is 0. The molecule has 6 nitrogen and oxygen atoms in total. The molecule has 0 aliphatic carbocycles. The predicted octanol–water partition coefficient (Wildman–Crippen LogP) is 2.10. The van der Waals surface area contributed by atoms with Gasteiger partial charge in [-0.2, -0.15) is 43.2 Å². The minimum absolute atomic E-state index is 0.729. The lowest BCUT2D eigenvalue weighted by molar-refractivity contribution is -0.247. The Labute approximate surface area is 125 Å². The van der Waals surface area contributed by atoms with E-state index in [1.54, 1.807) is 0 Å². The molecule has 0 spiro atoms. The summed E-state index contributed by atoms with van der Waals surface area (Å²) in [6.07, 6.45) is 0. The molecule has 1 aromatic carbocycles. The van der Waals surface area contributed by atoms with Crippen LogP contribution in [-0.4, -0.2) is 37.8 Å². The van der Waals surface area contributed by atoms with Crippen molar-refractivity contribution in [1.29, 1.82) is 0 Å². The first-order valence-corrected chi connectivity index (χ1v) is 8.02. The van der Waals surface area contributed by atoms with Gasteiger partial charge in [0.05, 0.1) is 0 Å². The highest BCUT2D eigenvalue weighted by Gasteiger charge is 2.83. The number of rotatable bonds is 6. The van der Waals surface area contributed by atoms with E-state index in [9.17, 15) is 43.2 Å². The van der Waals surface area contributed by atoms with Crippen LogP contribution in [0.4, 0.5) is 26.3 Å². The molecule has 0 amide bonds. The normalized spacial score (nSPS) is 14.6. The summed E-state index contributed by atoms with van der Waals surface area (Å²) in [5.41, 5.74) is 0. The van der Waals surface area contributed by atoms with Crippen molar-refractivity contribution in [2.75, 3.05) is 0 Å². The van der Waals surface area contributed by atoms with Gasteiger partial charge in [0.2, 0.25) is 0 Å². The number of para-hydroxylation sites is 1. The number of alkyl halides is 6. The Bertz CT molecular complexity index is 774. The van der Waals surface area contributed by atoms with Gasteiger partial charge in [0.25, 0.3) is 0 Å². The summed E-state index contributed by atoms with van der Waals surface area (Å²) in [7, 11) is -13.8. The van der Waals surface area contributed by atoms with E-state index >= 15 is 0 Å². The summed E-state index contributed by atoms with van der Waals surface area (Å²) in [5, 5.41) is -13.5. The second-order valence-corrected chi connectivity index (χ2v) is 6.98. The van der Waals surface area contributed by atoms with Gasteiger partial charge < -0.3 is 4.18 Å². The molecule has 0 radical (unpaired) electrons. The Morgan fingerprint density at radius 1 is 0.826 bits per heavy atom. The highest BCUT2D eigenvalue weighted by Crippen LogP contribution is 2.50. The fourth-order valence-electron chi connectivity index (χ4n) is 1.14. The molecule has 0 saturated heterocycles. The van der Waals surface area contributed by atoms with Crippen LogP contribution in [0.3, 0.4) is 0 Å². The Balaban J connectivity index is 3.38. The highest BCUT2D eigenvalue weighted by molar-refractivity contribution is 7.88. The molecule has 0 aliphatic rings. The molecule has 1 N–H and O–H groups in total. The molecule has 0 unspecified atom stereocenters. The molecule has 1 rings (SSSR count). The first-order chi connectivity index (χ1) is 10.1. The van der Waals surface area contributed by atoms with E-state index < -0.39 is 42.4 Å². The zero-order chi connectivity index (χ0) is 18.3. The molecular weight excluding hydrogens is 382 g/mol. The maximum absolute atomic E-state index is 13.4. The highest BCUT2D eigenvalue weighted by atomic mass is 32.2. The van der Waals surface area contributed by atoms with E-state index in [0.717, 1.165) is 24.3 Å². The van der Waals surface area contributed by atoms with Crippen molar-refractivity contribution in [3.63, 3.8) is 0 Å². The molecule has 0 saturated carbocycles.